The van der Waals surface area contributed by atoms with E-state index in [1.807, 2.05) is 30.5 Å². The Hall–Kier alpha value is -1.58. The molecule has 0 bridgehead atoms. The SMILES string of the molecule is Cc1cc(Cl)ccc1NC(=O)/C=C/c1cccs1. The summed E-state index contributed by atoms with van der Waals surface area (Å²) < 4.78 is 0. The number of hydrogen-bond donors (Lipinski definition) is 1. The fourth-order valence-corrected chi connectivity index (χ4v) is 2.33. The Morgan fingerprint density at radius 2 is 2.22 bits per heavy atom. The molecule has 0 saturated heterocycles. The van der Waals surface area contributed by atoms with Crippen LogP contribution >= 0.6 is 22.9 Å². The molecule has 0 fully saturated rings. The molecule has 2 rings (SSSR count). The minimum atomic E-state index is -0.145. The van der Waals surface area contributed by atoms with Crippen LogP contribution in [0.25, 0.3) is 6.08 Å². The summed E-state index contributed by atoms with van der Waals surface area (Å²) in [7, 11) is 0. The molecule has 0 aliphatic carbocycles. The van der Waals surface area contributed by atoms with E-state index in [-0.39, 0.29) is 5.91 Å². The van der Waals surface area contributed by atoms with E-state index in [0.29, 0.717) is 5.02 Å². The Morgan fingerprint density at radius 3 is 2.89 bits per heavy atom. The molecular formula is C14H12ClNOS. The van der Waals surface area contributed by atoms with Gasteiger partial charge in [-0.05, 0) is 48.2 Å². The van der Waals surface area contributed by atoms with Gasteiger partial charge in [-0.25, -0.2) is 0 Å². The van der Waals surface area contributed by atoms with Crippen molar-refractivity contribution in [1.82, 2.24) is 0 Å². The van der Waals surface area contributed by atoms with Crippen LogP contribution in [0.3, 0.4) is 0 Å². The molecule has 1 aromatic heterocycles. The Bertz CT molecular complexity index is 575. The first-order valence-corrected chi connectivity index (χ1v) is 6.69. The van der Waals surface area contributed by atoms with Crippen LogP contribution in [-0.4, -0.2) is 5.91 Å². The van der Waals surface area contributed by atoms with Crippen LogP contribution in [0.1, 0.15) is 10.4 Å². The van der Waals surface area contributed by atoms with Gasteiger partial charge in [0.25, 0.3) is 0 Å². The summed E-state index contributed by atoms with van der Waals surface area (Å²) in [4.78, 5) is 12.8. The van der Waals surface area contributed by atoms with Crippen LogP contribution in [-0.2, 0) is 4.79 Å². The van der Waals surface area contributed by atoms with Gasteiger partial charge >= 0.3 is 0 Å². The van der Waals surface area contributed by atoms with Gasteiger partial charge in [0.15, 0.2) is 0 Å². The first-order chi connectivity index (χ1) is 8.65. The van der Waals surface area contributed by atoms with Crippen LogP contribution in [0.5, 0.6) is 0 Å². The molecule has 1 amide bonds. The van der Waals surface area contributed by atoms with E-state index in [2.05, 4.69) is 5.32 Å². The molecule has 0 atom stereocenters. The Morgan fingerprint density at radius 1 is 1.39 bits per heavy atom. The van der Waals surface area contributed by atoms with Crippen LogP contribution in [0.4, 0.5) is 5.69 Å². The lowest BCUT2D eigenvalue weighted by Crippen LogP contribution is -2.08. The normalized spacial score (nSPS) is 10.8. The lowest BCUT2D eigenvalue weighted by atomic mass is 10.2. The van der Waals surface area contributed by atoms with Gasteiger partial charge in [0.2, 0.25) is 5.91 Å². The highest BCUT2D eigenvalue weighted by molar-refractivity contribution is 7.10. The summed E-state index contributed by atoms with van der Waals surface area (Å²) in [6.45, 7) is 1.91. The number of aryl methyl sites for hydroxylation is 1. The van der Waals surface area contributed by atoms with Crippen molar-refractivity contribution in [3.8, 4) is 0 Å². The predicted molar refractivity (Wildman–Crippen MR) is 78.2 cm³/mol. The minimum Gasteiger partial charge on any atom is -0.322 e. The molecule has 2 aromatic rings. The van der Waals surface area contributed by atoms with Crippen molar-refractivity contribution >= 4 is 40.6 Å². The summed E-state index contributed by atoms with van der Waals surface area (Å²) in [5, 5.41) is 5.46. The Balaban J connectivity index is 2.03. The van der Waals surface area contributed by atoms with E-state index in [0.717, 1.165) is 16.1 Å². The van der Waals surface area contributed by atoms with Crippen LogP contribution in [0, 0.1) is 6.92 Å². The molecule has 0 unspecified atom stereocenters. The van der Waals surface area contributed by atoms with Crippen molar-refractivity contribution in [2.24, 2.45) is 0 Å². The average Bonchev–Trinajstić information content (AvgIpc) is 2.83. The number of thiophene rings is 1. The molecule has 4 heteroatoms. The Labute approximate surface area is 115 Å². The third-order valence-electron chi connectivity index (χ3n) is 2.39. The van der Waals surface area contributed by atoms with E-state index < -0.39 is 0 Å². The molecule has 0 spiro atoms. The second-order valence-electron chi connectivity index (χ2n) is 3.80. The molecule has 0 aliphatic rings. The molecule has 0 aliphatic heterocycles. The van der Waals surface area contributed by atoms with Crippen molar-refractivity contribution in [3.05, 3.63) is 57.3 Å². The third-order valence-corrected chi connectivity index (χ3v) is 3.46. The summed E-state index contributed by atoms with van der Waals surface area (Å²) in [6.07, 6.45) is 3.32. The van der Waals surface area contributed by atoms with Gasteiger partial charge in [-0.1, -0.05) is 17.7 Å². The van der Waals surface area contributed by atoms with Gasteiger partial charge in [-0.3, -0.25) is 4.79 Å². The molecule has 2 nitrogen and oxygen atoms in total. The number of nitrogens with one attached hydrogen (secondary N) is 1. The van der Waals surface area contributed by atoms with Gasteiger partial charge in [0, 0.05) is 21.7 Å². The molecule has 0 saturated carbocycles. The van der Waals surface area contributed by atoms with Gasteiger partial charge in [0.1, 0.15) is 0 Å². The van der Waals surface area contributed by atoms with Gasteiger partial charge in [-0.2, -0.15) is 0 Å². The molecule has 1 aromatic carbocycles. The molecule has 1 heterocycles. The summed E-state index contributed by atoms with van der Waals surface area (Å²) in [5.41, 5.74) is 1.72. The number of carbonyl (C=O) groups is 1. The van der Waals surface area contributed by atoms with Crippen molar-refractivity contribution in [2.75, 3.05) is 5.32 Å². The topological polar surface area (TPSA) is 29.1 Å². The number of halogens is 1. The zero-order valence-electron chi connectivity index (χ0n) is 9.81. The lowest BCUT2D eigenvalue weighted by molar-refractivity contribution is -0.111. The number of rotatable bonds is 3. The first-order valence-electron chi connectivity index (χ1n) is 5.44. The predicted octanol–water partition coefficient (Wildman–Crippen LogP) is 4.36. The van der Waals surface area contributed by atoms with Gasteiger partial charge in [-0.15, -0.1) is 11.3 Å². The van der Waals surface area contributed by atoms with E-state index in [9.17, 15) is 4.79 Å². The molecule has 1 N–H and O–H groups in total. The van der Waals surface area contributed by atoms with Crippen molar-refractivity contribution in [3.63, 3.8) is 0 Å². The molecule has 0 radical (unpaired) electrons. The summed E-state index contributed by atoms with van der Waals surface area (Å²) in [5.74, 6) is -0.145. The van der Waals surface area contributed by atoms with Crippen LogP contribution in [0.2, 0.25) is 5.02 Å². The fourth-order valence-electron chi connectivity index (χ4n) is 1.49. The van der Waals surface area contributed by atoms with Crippen molar-refractivity contribution in [2.45, 2.75) is 6.92 Å². The molecule has 92 valence electrons. The standard InChI is InChI=1S/C14H12ClNOS/c1-10-9-11(15)4-6-13(10)16-14(17)7-5-12-3-2-8-18-12/h2-9H,1H3,(H,16,17)/b7-5+. The highest BCUT2D eigenvalue weighted by Gasteiger charge is 2.02. The first kappa shape index (κ1) is 12.9. The maximum Gasteiger partial charge on any atom is 0.248 e. The third kappa shape index (κ3) is 3.45. The van der Waals surface area contributed by atoms with E-state index in [4.69, 9.17) is 11.6 Å². The number of benzene rings is 1. The minimum absolute atomic E-state index is 0.145. The largest absolute Gasteiger partial charge is 0.322 e. The quantitative estimate of drug-likeness (QED) is 0.830. The lowest BCUT2D eigenvalue weighted by Gasteiger charge is -2.06. The number of amides is 1. The highest BCUT2D eigenvalue weighted by atomic mass is 35.5. The van der Waals surface area contributed by atoms with Crippen molar-refractivity contribution in [1.29, 1.82) is 0 Å². The molecule has 18 heavy (non-hydrogen) atoms. The van der Waals surface area contributed by atoms with Crippen molar-refractivity contribution < 1.29 is 4.79 Å². The zero-order chi connectivity index (χ0) is 13.0. The highest BCUT2D eigenvalue weighted by Crippen LogP contribution is 2.19. The zero-order valence-corrected chi connectivity index (χ0v) is 11.4. The second-order valence-corrected chi connectivity index (χ2v) is 5.21. The summed E-state index contributed by atoms with van der Waals surface area (Å²) >= 11 is 7.45. The van der Waals surface area contributed by atoms with E-state index in [1.54, 1.807) is 29.5 Å². The number of anilines is 1. The number of hydrogen-bond acceptors (Lipinski definition) is 2. The van der Waals surface area contributed by atoms with Gasteiger partial charge in [0.05, 0.1) is 0 Å². The summed E-state index contributed by atoms with van der Waals surface area (Å²) in [6, 6.07) is 9.29. The second kappa shape index (κ2) is 5.85. The monoisotopic (exact) mass is 277 g/mol. The maximum atomic E-state index is 11.7. The van der Waals surface area contributed by atoms with Crippen LogP contribution in [0.15, 0.2) is 41.8 Å². The fraction of sp³-hybridized carbons (Fsp3) is 0.0714. The number of carbonyl (C=O) groups excluding carboxylic acids is 1. The van der Waals surface area contributed by atoms with E-state index >= 15 is 0 Å². The van der Waals surface area contributed by atoms with E-state index in [1.165, 1.54) is 6.08 Å². The maximum absolute atomic E-state index is 11.7. The van der Waals surface area contributed by atoms with Crippen LogP contribution < -0.4 is 5.32 Å². The van der Waals surface area contributed by atoms with Gasteiger partial charge < -0.3 is 5.32 Å². The Kier molecular flexibility index (Phi) is 4.18. The smallest absolute Gasteiger partial charge is 0.248 e. The average molecular weight is 278 g/mol. The molecular weight excluding hydrogens is 266 g/mol.